The zero-order valence-electron chi connectivity index (χ0n) is 12.0. The molecule has 0 saturated heterocycles. The van der Waals surface area contributed by atoms with E-state index in [1.165, 1.54) is 4.90 Å². The van der Waals surface area contributed by atoms with Crippen LogP contribution in [0.25, 0.3) is 0 Å². The Hall–Kier alpha value is -2.43. The van der Waals surface area contributed by atoms with Gasteiger partial charge < -0.3 is 4.42 Å². The van der Waals surface area contributed by atoms with Gasteiger partial charge in [0.15, 0.2) is 5.89 Å². The first-order chi connectivity index (χ1) is 10.1. The lowest BCUT2D eigenvalue weighted by Gasteiger charge is -2.11. The monoisotopic (exact) mass is 284 g/mol. The van der Waals surface area contributed by atoms with Crippen molar-refractivity contribution < 1.29 is 14.0 Å². The van der Waals surface area contributed by atoms with Gasteiger partial charge in [0.25, 0.3) is 11.8 Å². The fraction of sp³-hybridized carbons (Fsp3) is 0.312. The van der Waals surface area contributed by atoms with Crippen molar-refractivity contribution in [2.45, 2.75) is 26.8 Å². The van der Waals surface area contributed by atoms with Gasteiger partial charge in [0.05, 0.1) is 23.9 Å². The van der Waals surface area contributed by atoms with Gasteiger partial charge in [0.2, 0.25) is 0 Å². The minimum atomic E-state index is -0.280. The fourth-order valence-corrected chi connectivity index (χ4v) is 2.40. The standard InChI is InChI=1S/C16H16N2O3/c1-10(2)7-14-17-8-11(21-14)9-18-15(19)12-5-3-4-6-13(12)16(18)20/h3-6,8,10H,7,9H2,1-2H3. The average Bonchev–Trinajstić information content (AvgIpc) is 2.98. The van der Waals surface area contributed by atoms with Crippen LogP contribution in [0, 0.1) is 5.92 Å². The molecule has 0 fully saturated rings. The van der Waals surface area contributed by atoms with E-state index in [4.69, 9.17) is 4.42 Å². The second kappa shape index (κ2) is 5.16. The summed E-state index contributed by atoms with van der Waals surface area (Å²) in [5.74, 6) is 1.04. The zero-order chi connectivity index (χ0) is 15.0. The number of amides is 2. The Morgan fingerprint density at radius 2 is 1.76 bits per heavy atom. The Bertz CT molecular complexity index is 668. The number of carbonyl (C=O) groups is 2. The predicted octanol–water partition coefficient (Wildman–Crippen LogP) is 2.67. The number of hydrogen-bond acceptors (Lipinski definition) is 4. The maximum Gasteiger partial charge on any atom is 0.261 e. The largest absolute Gasteiger partial charge is 0.444 e. The summed E-state index contributed by atoms with van der Waals surface area (Å²) in [5, 5.41) is 0. The number of rotatable bonds is 4. The molecule has 0 aliphatic carbocycles. The minimum Gasteiger partial charge on any atom is -0.444 e. The van der Waals surface area contributed by atoms with Crippen molar-refractivity contribution >= 4 is 11.8 Å². The van der Waals surface area contributed by atoms with Crippen LogP contribution < -0.4 is 0 Å². The van der Waals surface area contributed by atoms with Crippen LogP contribution in [0.4, 0.5) is 0 Å². The summed E-state index contributed by atoms with van der Waals surface area (Å²) in [6, 6.07) is 6.84. The van der Waals surface area contributed by atoms with Gasteiger partial charge in [0, 0.05) is 6.42 Å². The molecular formula is C16H16N2O3. The highest BCUT2D eigenvalue weighted by atomic mass is 16.4. The van der Waals surface area contributed by atoms with Crippen LogP contribution in [0.3, 0.4) is 0 Å². The van der Waals surface area contributed by atoms with Gasteiger partial charge in [-0.25, -0.2) is 4.98 Å². The third kappa shape index (κ3) is 2.46. The molecule has 0 atom stereocenters. The number of hydrogen-bond donors (Lipinski definition) is 0. The van der Waals surface area contributed by atoms with Crippen molar-refractivity contribution in [3.05, 3.63) is 53.2 Å². The van der Waals surface area contributed by atoms with Gasteiger partial charge in [-0.1, -0.05) is 26.0 Å². The maximum atomic E-state index is 12.2. The summed E-state index contributed by atoms with van der Waals surface area (Å²) in [7, 11) is 0. The number of benzene rings is 1. The Morgan fingerprint density at radius 1 is 1.14 bits per heavy atom. The number of fused-ring (bicyclic) bond motifs is 1. The van der Waals surface area contributed by atoms with E-state index >= 15 is 0 Å². The highest BCUT2D eigenvalue weighted by Crippen LogP contribution is 2.24. The molecular weight excluding hydrogens is 268 g/mol. The Balaban J connectivity index is 1.79. The van der Waals surface area contributed by atoms with E-state index in [0.717, 1.165) is 6.42 Å². The van der Waals surface area contributed by atoms with E-state index in [0.29, 0.717) is 28.7 Å². The molecule has 0 bridgehead atoms. The van der Waals surface area contributed by atoms with E-state index in [-0.39, 0.29) is 18.4 Å². The van der Waals surface area contributed by atoms with Gasteiger partial charge in [-0.2, -0.15) is 0 Å². The molecule has 2 heterocycles. The predicted molar refractivity (Wildman–Crippen MR) is 75.7 cm³/mol. The molecule has 3 rings (SSSR count). The van der Waals surface area contributed by atoms with E-state index in [1.54, 1.807) is 30.5 Å². The smallest absolute Gasteiger partial charge is 0.261 e. The van der Waals surface area contributed by atoms with Crippen LogP contribution >= 0.6 is 0 Å². The van der Waals surface area contributed by atoms with Crippen molar-refractivity contribution in [3.63, 3.8) is 0 Å². The van der Waals surface area contributed by atoms with E-state index in [9.17, 15) is 9.59 Å². The molecule has 2 amide bonds. The molecule has 108 valence electrons. The topological polar surface area (TPSA) is 63.4 Å². The van der Waals surface area contributed by atoms with Gasteiger partial charge in [-0.15, -0.1) is 0 Å². The number of oxazole rings is 1. The van der Waals surface area contributed by atoms with E-state index in [2.05, 4.69) is 18.8 Å². The van der Waals surface area contributed by atoms with Crippen molar-refractivity contribution in [1.29, 1.82) is 0 Å². The lowest BCUT2D eigenvalue weighted by atomic mass is 10.1. The molecule has 1 aliphatic heterocycles. The van der Waals surface area contributed by atoms with Crippen molar-refractivity contribution in [3.8, 4) is 0 Å². The summed E-state index contributed by atoms with van der Waals surface area (Å²) in [6.45, 7) is 4.28. The first kappa shape index (κ1) is 13.5. The van der Waals surface area contributed by atoms with Crippen LogP contribution in [0.5, 0.6) is 0 Å². The summed E-state index contributed by atoms with van der Waals surface area (Å²) < 4.78 is 5.59. The van der Waals surface area contributed by atoms with Gasteiger partial charge in [0.1, 0.15) is 5.76 Å². The molecule has 0 unspecified atom stereocenters. The van der Waals surface area contributed by atoms with E-state index < -0.39 is 0 Å². The van der Waals surface area contributed by atoms with Crippen LogP contribution in [-0.4, -0.2) is 21.7 Å². The zero-order valence-corrected chi connectivity index (χ0v) is 12.0. The van der Waals surface area contributed by atoms with Gasteiger partial charge >= 0.3 is 0 Å². The highest BCUT2D eigenvalue weighted by Gasteiger charge is 2.35. The van der Waals surface area contributed by atoms with Crippen LogP contribution in [0.2, 0.25) is 0 Å². The van der Waals surface area contributed by atoms with Crippen LogP contribution in [0.1, 0.15) is 46.2 Å². The average molecular weight is 284 g/mol. The van der Waals surface area contributed by atoms with E-state index in [1.807, 2.05) is 0 Å². The molecule has 5 nitrogen and oxygen atoms in total. The van der Waals surface area contributed by atoms with Crippen molar-refractivity contribution in [1.82, 2.24) is 9.88 Å². The summed E-state index contributed by atoms with van der Waals surface area (Å²) >= 11 is 0. The minimum absolute atomic E-state index is 0.122. The fourth-order valence-electron chi connectivity index (χ4n) is 2.40. The second-order valence-electron chi connectivity index (χ2n) is 5.56. The molecule has 0 spiro atoms. The van der Waals surface area contributed by atoms with Crippen molar-refractivity contribution in [2.75, 3.05) is 0 Å². The third-order valence-corrected chi connectivity index (χ3v) is 3.38. The number of carbonyl (C=O) groups excluding carboxylic acids is 2. The van der Waals surface area contributed by atoms with Crippen LogP contribution in [0.15, 0.2) is 34.9 Å². The second-order valence-corrected chi connectivity index (χ2v) is 5.56. The molecule has 5 heteroatoms. The molecule has 21 heavy (non-hydrogen) atoms. The molecule has 2 aromatic rings. The Kier molecular flexibility index (Phi) is 3.33. The third-order valence-electron chi connectivity index (χ3n) is 3.38. The lowest BCUT2D eigenvalue weighted by molar-refractivity contribution is 0.0630. The van der Waals surface area contributed by atoms with Gasteiger partial charge in [-0.05, 0) is 18.1 Å². The summed E-state index contributed by atoms with van der Waals surface area (Å²) in [4.78, 5) is 29.9. The first-order valence-corrected chi connectivity index (χ1v) is 6.95. The summed E-state index contributed by atoms with van der Waals surface area (Å²) in [5.41, 5.74) is 0.897. The molecule has 0 N–H and O–H groups in total. The first-order valence-electron chi connectivity index (χ1n) is 6.95. The molecule has 1 aromatic heterocycles. The van der Waals surface area contributed by atoms with Crippen LogP contribution in [-0.2, 0) is 13.0 Å². The van der Waals surface area contributed by atoms with Gasteiger partial charge in [-0.3, -0.25) is 14.5 Å². The number of imide groups is 1. The Morgan fingerprint density at radius 3 is 2.33 bits per heavy atom. The molecule has 0 radical (unpaired) electrons. The van der Waals surface area contributed by atoms with Crippen molar-refractivity contribution in [2.24, 2.45) is 5.92 Å². The molecule has 0 saturated carbocycles. The molecule has 1 aromatic carbocycles. The Labute approximate surface area is 122 Å². The SMILES string of the molecule is CC(C)Cc1ncc(CN2C(=O)c3ccccc3C2=O)o1. The normalized spacial score (nSPS) is 14.1. The quantitative estimate of drug-likeness (QED) is 0.810. The highest BCUT2D eigenvalue weighted by molar-refractivity contribution is 6.21. The molecule has 1 aliphatic rings. The number of nitrogens with zero attached hydrogens (tertiary/aromatic N) is 2. The lowest BCUT2D eigenvalue weighted by Crippen LogP contribution is -2.28. The summed E-state index contributed by atoms with van der Waals surface area (Å²) in [6.07, 6.45) is 2.32. The maximum absolute atomic E-state index is 12.2. The number of aromatic nitrogens is 1.